The molecule has 0 unspecified atom stereocenters. The summed E-state index contributed by atoms with van der Waals surface area (Å²) in [7, 11) is 0. The molecule has 0 saturated heterocycles. The van der Waals surface area contributed by atoms with Crippen molar-refractivity contribution in [3.63, 3.8) is 0 Å². The molecule has 0 fully saturated rings. The number of para-hydroxylation sites is 1. The molecule has 4 nitrogen and oxygen atoms in total. The Bertz CT molecular complexity index is 742. The molecule has 1 N–H and O–H groups in total. The molecule has 0 radical (unpaired) electrons. The van der Waals surface area contributed by atoms with E-state index in [4.69, 9.17) is 0 Å². The SMILES string of the molecule is CC(=O)N(CCNC(=O)c1ccc(F)cc1)c1ccccc1C(C)C. The number of amides is 2. The zero-order valence-corrected chi connectivity index (χ0v) is 14.8. The zero-order chi connectivity index (χ0) is 18.4. The van der Waals surface area contributed by atoms with Crippen LogP contribution in [0.25, 0.3) is 0 Å². The highest BCUT2D eigenvalue weighted by Crippen LogP contribution is 2.27. The Morgan fingerprint density at radius 3 is 2.32 bits per heavy atom. The Balaban J connectivity index is 2.05. The van der Waals surface area contributed by atoms with Gasteiger partial charge in [0.15, 0.2) is 0 Å². The van der Waals surface area contributed by atoms with E-state index in [2.05, 4.69) is 19.2 Å². The second-order valence-electron chi connectivity index (χ2n) is 6.15. The van der Waals surface area contributed by atoms with Crippen LogP contribution in [0.3, 0.4) is 0 Å². The molecule has 5 heteroatoms. The van der Waals surface area contributed by atoms with E-state index in [0.29, 0.717) is 18.7 Å². The van der Waals surface area contributed by atoms with Crippen LogP contribution in [0.1, 0.15) is 42.6 Å². The molecule has 0 saturated carbocycles. The Kier molecular flexibility index (Phi) is 6.28. The number of hydrogen-bond donors (Lipinski definition) is 1. The predicted octanol–water partition coefficient (Wildman–Crippen LogP) is 3.73. The minimum absolute atomic E-state index is 0.0795. The lowest BCUT2D eigenvalue weighted by atomic mass is 10.0. The van der Waals surface area contributed by atoms with E-state index in [9.17, 15) is 14.0 Å². The van der Waals surface area contributed by atoms with Gasteiger partial charge in [0.1, 0.15) is 5.82 Å². The number of carbonyl (C=O) groups is 2. The lowest BCUT2D eigenvalue weighted by Gasteiger charge is -2.25. The molecule has 2 aromatic rings. The fourth-order valence-electron chi connectivity index (χ4n) is 2.65. The van der Waals surface area contributed by atoms with Gasteiger partial charge in [-0.3, -0.25) is 9.59 Å². The first-order valence-corrected chi connectivity index (χ1v) is 8.31. The summed E-state index contributed by atoms with van der Waals surface area (Å²) < 4.78 is 12.9. The first kappa shape index (κ1) is 18.6. The third kappa shape index (κ3) is 4.89. The average molecular weight is 342 g/mol. The summed E-state index contributed by atoms with van der Waals surface area (Å²) in [5.74, 6) is -0.471. The number of anilines is 1. The van der Waals surface area contributed by atoms with E-state index in [1.165, 1.54) is 31.2 Å². The molecular weight excluding hydrogens is 319 g/mol. The monoisotopic (exact) mass is 342 g/mol. The number of halogens is 1. The van der Waals surface area contributed by atoms with E-state index in [0.717, 1.165) is 11.3 Å². The number of hydrogen-bond acceptors (Lipinski definition) is 2. The van der Waals surface area contributed by atoms with Gasteiger partial charge in [0, 0.05) is 31.3 Å². The second kappa shape index (κ2) is 8.42. The van der Waals surface area contributed by atoms with Crippen LogP contribution in [0.15, 0.2) is 48.5 Å². The molecule has 0 atom stereocenters. The lowest BCUT2D eigenvalue weighted by molar-refractivity contribution is -0.116. The van der Waals surface area contributed by atoms with Gasteiger partial charge in [0.25, 0.3) is 5.91 Å². The van der Waals surface area contributed by atoms with Gasteiger partial charge in [0.05, 0.1) is 0 Å². The quantitative estimate of drug-likeness (QED) is 0.869. The standard InChI is InChI=1S/C20H23FN2O2/c1-14(2)18-6-4-5-7-19(18)23(15(3)24)13-12-22-20(25)16-8-10-17(21)11-9-16/h4-11,14H,12-13H2,1-3H3,(H,22,25). The van der Waals surface area contributed by atoms with Gasteiger partial charge >= 0.3 is 0 Å². The van der Waals surface area contributed by atoms with Crippen LogP contribution in [-0.4, -0.2) is 24.9 Å². The van der Waals surface area contributed by atoms with Crippen molar-refractivity contribution >= 4 is 17.5 Å². The predicted molar refractivity (Wildman–Crippen MR) is 97.3 cm³/mol. The Morgan fingerprint density at radius 1 is 1.08 bits per heavy atom. The molecule has 132 valence electrons. The first-order chi connectivity index (χ1) is 11.9. The van der Waals surface area contributed by atoms with E-state index >= 15 is 0 Å². The Labute approximate surface area is 147 Å². The summed E-state index contributed by atoms with van der Waals surface area (Å²) in [6.07, 6.45) is 0. The zero-order valence-electron chi connectivity index (χ0n) is 14.8. The molecule has 0 heterocycles. The van der Waals surface area contributed by atoms with Gasteiger partial charge in [0.2, 0.25) is 5.91 Å². The minimum Gasteiger partial charge on any atom is -0.350 e. The average Bonchev–Trinajstić information content (AvgIpc) is 2.58. The third-order valence-corrected chi connectivity index (χ3v) is 3.96. The number of carbonyl (C=O) groups excluding carboxylic acids is 2. The maximum atomic E-state index is 12.9. The van der Waals surface area contributed by atoms with Crippen molar-refractivity contribution in [3.8, 4) is 0 Å². The fourth-order valence-corrected chi connectivity index (χ4v) is 2.65. The molecule has 0 bridgehead atoms. The van der Waals surface area contributed by atoms with E-state index in [1.54, 1.807) is 4.90 Å². The molecule has 25 heavy (non-hydrogen) atoms. The normalized spacial score (nSPS) is 10.6. The van der Waals surface area contributed by atoms with Gasteiger partial charge in [-0.15, -0.1) is 0 Å². The maximum Gasteiger partial charge on any atom is 0.251 e. The molecule has 2 rings (SSSR count). The molecular formula is C20H23FN2O2. The highest BCUT2D eigenvalue weighted by atomic mass is 19.1. The van der Waals surface area contributed by atoms with Crippen molar-refractivity contribution in [2.75, 3.05) is 18.0 Å². The van der Waals surface area contributed by atoms with Gasteiger partial charge < -0.3 is 10.2 Å². The van der Waals surface area contributed by atoms with Gasteiger partial charge in [-0.1, -0.05) is 32.0 Å². The third-order valence-electron chi connectivity index (χ3n) is 3.96. The maximum absolute atomic E-state index is 12.9. The van der Waals surface area contributed by atoms with E-state index < -0.39 is 0 Å². The number of benzene rings is 2. The molecule has 0 aliphatic heterocycles. The summed E-state index contributed by atoms with van der Waals surface area (Å²) in [6, 6.07) is 13.1. The first-order valence-electron chi connectivity index (χ1n) is 8.31. The van der Waals surface area contributed by atoms with Crippen LogP contribution in [-0.2, 0) is 4.79 Å². The van der Waals surface area contributed by atoms with Gasteiger partial charge in [-0.05, 0) is 41.8 Å². The molecule has 0 aliphatic carbocycles. The van der Waals surface area contributed by atoms with Crippen LogP contribution in [0.5, 0.6) is 0 Å². The summed E-state index contributed by atoms with van der Waals surface area (Å²) >= 11 is 0. The van der Waals surface area contributed by atoms with Crippen molar-refractivity contribution in [1.29, 1.82) is 0 Å². The molecule has 2 aromatic carbocycles. The summed E-state index contributed by atoms with van der Waals surface area (Å²) in [6.45, 7) is 6.34. The van der Waals surface area contributed by atoms with Crippen molar-refractivity contribution in [2.24, 2.45) is 0 Å². The highest BCUT2D eigenvalue weighted by molar-refractivity contribution is 5.95. The highest BCUT2D eigenvalue weighted by Gasteiger charge is 2.17. The van der Waals surface area contributed by atoms with Crippen LogP contribution in [0.4, 0.5) is 10.1 Å². The topological polar surface area (TPSA) is 49.4 Å². The number of nitrogens with one attached hydrogen (secondary N) is 1. The van der Waals surface area contributed by atoms with Crippen LogP contribution in [0, 0.1) is 5.82 Å². The molecule has 0 spiro atoms. The summed E-state index contributed by atoms with van der Waals surface area (Å²) in [4.78, 5) is 25.8. The van der Waals surface area contributed by atoms with Crippen LogP contribution < -0.4 is 10.2 Å². The number of rotatable bonds is 6. The Morgan fingerprint density at radius 2 is 1.72 bits per heavy atom. The second-order valence-corrected chi connectivity index (χ2v) is 6.15. The van der Waals surface area contributed by atoms with Crippen LogP contribution in [0.2, 0.25) is 0 Å². The Hall–Kier alpha value is -2.69. The summed E-state index contributed by atoms with van der Waals surface area (Å²) in [5.41, 5.74) is 2.34. The van der Waals surface area contributed by atoms with E-state index in [1.807, 2.05) is 24.3 Å². The molecule has 2 amide bonds. The van der Waals surface area contributed by atoms with E-state index in [-0.39, 0.29) is 23.5 Å². The largest absolute Gasteiger partial charge is 0.350 e. The summed E-state index contributed by atoms with van der Waals surface area (Å²) in [5, 5.41) is 2.77. The van der Waals surface area contributed by atoms with Crippen molar-refractivity contribution < 1.29 is 14.0 Å². The molecule has 0 aromatic heterocycles. The smallest absolute Gasteiger partial charge is 0.251 e. The van der Waals surface area contributed by atoms with Crippen LogP contribution >= 0.6 is 0 Å². The molecule has 0 aliphatic rings. The number of nitrogens with zero attached hydrogens (tertiary/aromatic N) is 1. The van der Waals surface area contributed by atoms with Crippen molar-refractivity contribution in [3.05, 3.63) is 65.5 Å². The minimum atomic E-state index is -0.385. The van der Waals surface area contributed by atoms with Crippen molar-refractivity contribution in [1.82, 2.24) is 5.32 Å². The lowest BCUT2D eigenvalue weighted by Crippen LogP contribution is -2.38. The van der Waals surface area contributed by atoms with Gasteiger partial charge in [-0.2, -0.15) is 0 Å². The fraction of sp³-hybridized carbons (Fsp3) is 0.300. The van der Waals surface area contributed by atoms with Crippen molar-refractivity contribution in [2.45, 2.75) is 26.7 Å². The van der Waals surface area contributed by atoms with Gasteiger partial charge in [-0.25, -0.2) is 4.39 Å².